The van der Waals surface area contributed by atoms with E-state index in [1.165, 1.54) is 7.11 Å². The van der Waals surface area contributed by atoms with Gasteiger partial charge in [0.2, 0.25) is 5.91 Å². The molecular formula is C27H37F3N4O6. The van der Waals surface area contributed by atoms with Gasteiger partial charge in [-0.25, -0.2) is 4.79 Å². The molecule has 1 aliphatic carbocycles. The van der Waals surface area contributed by atoms with E-state index in [0.717, 1.165) is 18.7 Å². The number of rotatable bonds is 7. The van der Waals surface area contributed by atoms with E-state index >= 15 is 0 Å². The van der Waals surface area contributed by atoms with Crippen LogP contribution in [0.25, 0.3) is 0 Å². The number of carbonyl (C=O) groups excluding carboxylic acids is 2. The highest BCUT2D eigenvalue weighted by Gasteiger charge is 2.60. The molecule has 4 heterocycles. The van der Waals surface area contributed by atoms with Crippen LogP contribution in [0.15, 0.2) is 12.3 Å². The minimum absolute atomic E-state index is 0.0249. The molecule has 5 unspecified atom stereocenters. The summed E-state index contributed by atoms with van der Waals surface area (Å²) in [5.74, 6) is -0.248. The number of fused-ring (bicyclic) bond motifs is 2. The minimum Gasteiger partial charge on any atom is -0.447 e. The van der Waals surface area contributed by atoms with Crippen LogP contribution in [0.3, 0.4) is 0 Å². The van der Waals surface area contributed by atoms with E-state index in [-0.39, 0.29) is 56.3 Å². The number of likely N-dealkylation sites (tertiary alicyclic amines) is 1. The third-order valence-electron chi connectivity index (χ3n) is 8.78. The molecule has 0 spiro atoms. The van der Waals surface area contributed by atoms with Crippen LogP contribution in [0, 0.1) is 11.3 Å². The number of hydrogen-bond donors (Lipinski definition) is 1. The van der Waals surface area contributed by atoms with Gasteiger partial charge in [0.1, 0.15) is 6.61 Å². The summed E-state index contributed by atoms with van der Waals surface area (Å²) in [5, 5.41) is 3.69. The van der Waals surface area contributed by atoms with Crippen LogP contribution in [0.2, 0.25) is 0 Å². The van der Waals surface area contributed by atoms with Gasteiger partial charge in [0, 0.05) is 77.4 Å². The van der Waals surface area contributed by atoms with E-state index in [0.29, 0.717) is 56.8 Å². The van der Waals surface area contributed by atoms with Crippen molar-refractivity contribution in [3.05, 3.63) is 29.1 Å². The van der Waals surface area contributed by atoms with E-state index in [1.54, 1.807) is 16.9 Å². The predicted octanol–water partition coefficient (Wildman–Crippen LogP) is 2.24. The molecule has 222 valence electrons. The summed E-state index contributed by atoms with van der Waals surface area (Å²) in [6.07, 6.45) is -1.88. The van der Waals surface area contributed by atoms with Crippen molar-refractivity contribution >= 4 is 12.0 Å². The van der Waals surface area contributed by atoms with Gasteiger partial charge in [0.25, 0.3) is 0 Å². The molecule has 1 aromatic heterocycles. The average Bonchev–Trinajstić information content (AvgIpc) is 3.47. The fraction of sp³-hybridized carbons (Fsp3) is 0.741. The van der Waals surface area contributed by atoms with Crippen LogP contribution in [0.1, 0.15) is 36.1 Å². The lowest BCUT2D eigenvalue weighted by Gasteiger charge is -2.37. The molecule has 4 aliphatic rings. The lowest BCUT2D eigenvalue weighted by Crippen LogP contribution is -2.52. The number of amides is 2. The Kier molecular flexibility index (Phi) is 8.55. The van der Waals surface area contributed by atoms with Gasteiger partial charge in [-0.15, -0.1) is 0 Å². The maximum atomic E-state index is 14.3. The van der Waals surface area contributed by atoms with E-state index in [4.69, 9.17) is 18.9 Å². The Balaban J connectivity index is 1.35. The highest BCUT2D eigenvalue weighted by atomic mass is 19.4. The SMILES string of the molecule is COCCOC(=O)N1CC2CC(NC3CCOCC3OC)CC2(C(=O)N2CCc3ncc(C(F)(F)F)cc3C2)C1. The number of carbonyl (C=O) groups is 2. The Morgan fingerprint density at radius 3 is 2.83 bits per heavy atom. The number of nitrogens with one attached hydrogen (secondary N) is 1. The van der Waals surface area contributed by atoms with Crippen LogP contribution in [0.4, 0.5) is 18.0 Å². The highest BCUT2D eigenvalue weighted by Crippen LogP contribution is 2.51. The Labute approximate surface area is 231 Å². The first kappa shape index (κ1) is 29.0. The van der Waals surface area contributed by atoms with Gasteiger partial charge >= 0.3 is 12.3 Å². The van der Waals surface area contributed by atoms with Gasteiger partial charge in [-0.3, -0.25) is 9.78 Å². The van der Waals surface area contributed by atoms with E-state index in [9.17, 15) is 22.8 Å². The first-order chi connectivity index (χ1) is 19.1. The number of hydrogen-bond acceptors (Lipinski definition) is 8. The van der Waals surface area contributed by atoms with Crippen molar-refractivity contribution in [1.29, 1.82) is 0 Å². The van der Waals surface area contributed by atoms with Gasteiger partial charge in [-0.1, -0.05) is 0 Å². The lowest BCUT2D eigenvalue weighted by molar-refractivity contribution is -0.143. The topological polar surface area (TPSA) is 102 Å². The number of aromatic nitrogens is 1. The molecule has 13 heteroatoms. The Hall–Kier alpha value is -2.48. The Morgan fingerprint density at radius 2 is 2.08 bits per heavy atom. The number of methoxy groups -OCH3 is 2. The lowest BCUT2D eigenvalue weighted by atomic mass is 9.78. The fourth-order valence-electron chi connectivity index (χ4n) is 6.78. The van der Waals surface area contributed by atoms with Crippen molar-refractivity contribution in [2.45, 2.75) is 56.6 Å². The molecule has 1 N–H and O–H groups in total. The van der Waals surface area contributed by atoms with Gasteiger partial charge < -0.3 is 34.1 Å². The van der Waals surface area contributed by atoms with Gasteiger partial charge in [-0.05, 0) is 36.8 Å². The summed E-state index contributed by atoms with van der Waals surface area (Å²) >= 11 is 0. The van der Waals surface area contributed by atoms with Crippen LogP contribution in [-0.4, -0.2) is 105 Å². The van der Waals surface area contributed by atoms with Crippen molar-refractivity contribution in [3.63, 3.8) is 0 Å². The molecule has 3 fully saturated rings. The first-order valence-corrected chi connectivity index (χ1v) is 13.8. The maximum Gasteiger partial charge on any atom is 0.417 e. The van der Waals surface area contributed by atoms with E-state index in [1.807, 2.05) is 0 Å². The van der Waals surface area contributed by atoms with Crippen molar-refractivity contribution in [2.24, 2.45) is 11.3 Å². The largest absolute Gasteiger partial charge is 0.447 e. The summed E-state index contributed by atoms with van der Waals surface area (Å²) in [6, 6.07) is 1.20. The quantitative estimate of drug-likeness (QED) is 0.499. The third kappa shape index (κ3) is 5.79. The first-order valence-electron chi connectivity index (χ1n) is 13.8. The molecule has 2 amide bonds. The zero-order valence-electron chi connectivity index (χ0n) is 22.9. The molecule has 10 nitrogen and oxygen atoms in total. The van der Waals surface area contributed by atoms with Crippen LogP contribution in [0.5, 0.6) is 0 Å². The van der Waals surface area contributed by atoms with Crippen molar-refractivity contribution in [3.8, 4) is 0 Å². The van der Waals surface area contributed by atoms with Crippen molar-refractivity contribution in [2.75, 3.05) is 60.3 Å². The molecule has 5 rings (SSSR count). The zero-order chi connectivity index (χ0) is 28.5. The summed E-state index contributed by atoms with van der Waals surface area (Å²) in [5.41, 5.74) is -0.694. The van der Waals surface area contributed by atoms with Crippen molar-refractivity contribution in [1.82, 2.24) is 20.1 Å². The molecule has 1 saturated carbocycles. The second-order valence-electron chi connectivity index (χ2n) is 11.2. The normalized spacial score (nSPS) is 30.2. The Bertz CT molecular complexity index is 1090. The number of pyridine rings is 1. The van der Waals surface area contributed by atoms with Crippen molar-refractivity contribution < 1.29 is 41.7 Å². The Morgan fingerprint density at radius 1 is 1.25 bits per heavy atom. The number of ether oxygens (including phenoxy) is 4. The molecule has 40 heavy (non-hydrogen) atoms. The number of nitrogens with zero attached hydrogens (tertiary/aromatic N) is 3. The van der Waals surface area contributed by atoms with Crippen LogP contribution in [-0.2, 0) is 42.9 Å². The molecule has 3 aliphatic heterocycles. The second kappa shape index (κ2) is 11.8. The van der Waals surface area contributed by atoms with E-state index < -0.39 is 23.2 Å². The fourth-order valence-corrected chi connectivity index (χ4v) is 6.78. The highest BCUT2D eigenvalue weighted by molar-refractivity contribution is 5.86. The predicted molar refractivity (Wildman–Crippen MR) is 135 cm³/mol. The number of halogens is 3. The van der Waals surface area contributed by atoms with Crippen LogP contribution >= 0.6 is 0 Å². The average molecular weight is 571 g/mol. The summed E-state index contributed by atoms with van der Waals surface area (Å²) in [6.45, 7) is 2.50. The molecule has 0 aromatic carbocycles. The summed E-state index contributed by atoms with van der Waals surface area (Å²) < 4.78 is 61.5. The molecular weight excluding hydrogens is 533 g/mol. The standard InChI is InChI=1S/C27H37F3N4O6/c1-37-7-8-40-25(36)34-14-19-10-20(32-22-4-6-39-15-23(22)38-2)11-26(19,16-34)24(35)33-5-3-21-17(13-33)9-18(12-31-21)27(28,29)30/h9,12,19-20,22-23,32H,3-8,10-11,13-16H2,1-2H3. The van der Waals surface area contributed by atoms with Gasteiger partial charge in [0.05, 0.1) is 30.3 Å². The van der Waals surface area contributed by atoms with E-state index in [2.05, 4.69) is 10.3 Å². The smallest absolute Gasteiger partial charge is 0.417 e. The molecule has 0 bridgehead atoms. The van der Waals surface area contributed by atoms with Gasteiger partial charge in [-0.2, -0.15) is 13.2 Å². The third-order valence-corrected chi connectivity index (χ3v) is 8.78. The molecule has 1 aromatic rings. The number of alkyl halides is 3. The monoisotopic (exact) mass is 570 g/mol. The molecule has 5 atom stereocenters. The summed E-state index contributed by atoms with van der Waals surface area (Å²) in [7, 11) is 3.17. The summed E-state index contributed by atoms with van der Waals surface area (Å²) in [4.78, 5) is 34.4. The second-order valence-corrected chi connectivity index (χ2v) is 11.2. The minimum atomic E-state index is -4.51. The molecule has 2 saturated heterocycles. The van der Waals surface area contributed by atoms with Crippen LogP contribution < -0.4 is 5.32 Å². The van der Waals surface area contributed by atoms with Gasteiger partial charge in [0.15, 0.2) is 0 Å². The molecule has 0 radical (unpaired) electrons. The maximum absolute atomic E-state index is 14.3. The zero-order valence-corrected chi connectivity index (χ0v) is 22.9.